The van der Waals surface area contributed by atoms with Crippen molar-refractivity contribution in [2.45, 2.75) is 25.9 Å². The molecule has 0 spiro atoms. The molecule has 0 unspecified atom stereocenters. The smallest absolute Gasteiger partial charge is 0.306 e. The fourth-order valence-electron chi connectivity index (χ4n) is 2.19. The minimum absolute atomic E-state index is 0.109. The fourth-order valence-corrected chi connectivity index (χ4v) is 2.19. The summed E-state index contributed by atoms with van der Waals surface area (Å²) in [7, 11) is 1.50. The topological polar surface area (TPSA) is 64.6 Å². The van der Waals surface area contributed by atoms with Gasteiger partial charge in [0.15, 0.2) is 6.10 Å². The van der Waals surface area contributed by atoms with E-state index in [4.69, 9.17) is 9.47 Å². The lowest BCUT2D eigenvalue weighted by Crippen LogP contribution is -2.30. The van der Waals surface area contributed by atoms with Crippen LogP contribution in [-0.4, -0.2) is 25.1 Å². The molecule has 0 bridgehead atoms. The number of amides is 1. The molecule has 2 rings (SSSR count). The maximum absolute atomic E-state index is 12.8. The number of methoxy groups -OCH3 is 1. The largest absolute Gasteiger partial charge is 0.495 e. The van der Waals surface area contributed by atoms with Gasteiger partial charge in [0.25, 0.3) is 5.91 Å². The molecule has 0 aromatic heterocycles. The van der Waals surface area contributed by atoms with E-state index in [1.54, 1.807) is 36.4 Å². The van der Waals surface area contributed by atoms with Crippen molar-refractivity contribution in [3.63, 3.8) is 0 Å². The fraction of sp³-hybridized carbons (Fsp3) is 0.263. The Kier molecular flexibility index (Phi) is 6.51. The zero-order chi connectivity index (χ0) is 18.2. The molecule has 132 valence electrons. The molecular weight excluding hydrogens is 325 g/mol. The molecule has 2 aromatic rings. The van der Waals surface area contributed by atoms with Gasteiger partial charge in [-0.2, -0.15) is 0 Å². The predicted octanol–water partition coefficient (Wildman–Crippen LogP) is 3.34. The van der Waals surface area contributed by atoms with Crippen molar-refractivity contribution in [1.29, 1.82) is 0 Å². The normalized spacial score (nSPS) is 11.5. The van der Waals surface area contributed by atoms with E-state index >= 15 is 0 Å². The average molecular weight is 345 g/mol. The van der Waals surface area contributed by atoms with Crippen LogP contribution in [0.2, 0.25) is 0 Å². The molecule has 0 radical (unpaired) electrons. The van der Waals surface area contributed by atoms with E-state index in [9.17, 15) is 14.0 Å². The number of para-hydroxylation sites is 2. The number of anilines is 1. The molecule has 0 fully saturated rings. The summed E-state index contributed by atoms with van der Waals surface area (Å²) in [5.41, 5.74) is 1.33. The van der Waals surface area contributed by atoms with Crippen molar-refractivity contribution >= 4 is 17.6 Å². The van der Waals surface area contributed by atoms with Gasteiger partial charge in [0.05, 0.1) is 12.8 Å². The first-order valence-corrected chi connectivity index (χ1v) is 7.87. The number of carbonyl (C=O) groups excluding carboxylic acids is 2. The van der Waals surface area contributed by atoms with Crippen molar-refractivity contribution in [3.05, 3.63) is 59.9 Å². The molecular formula is C19H20FNO4. The molecule has 2 aromatic carbocycles. The highest BCUT2D eigenvalue weighted by Crippen LogP contribution is 2.23. The quantitative estimate of drug-likeness (QED) is 0.782. The zero-order valence-electron chi connectivity index (χ0n) is 14.1. The Morgan fingerprint density at radius 1 is 1.12 bits per heavy atom. The lowest BCUT2D eigenvalue weighted by Gasteiger charge is -2.15. The Labute approximate surface area is 145 Å². The standard InChI is InChI=1S/C19H20FNO4/c1-13(19(23)21-16-5-3-4-6-17(16)24-2)25-18(22)12-9-14-7-10-15(20)11-8-14/h3-8,10-11,13H,9,12H2,1-2H3,(H,21,23)/t13-/m0/s1. The zero-order valence-corrected chi connectivity index (χ0v) is 14.1. The van der Waals surface area contributed by atoms with Gasteiger partial charge >= 0.3 is 5.97 Å². The van der Waals surface area contributed by atoms with Crippen LogP contribution in [0.15, 0.2) is 48.5 Å². The van der Waals surface area contributed by atoms with E-state index in [0.29, 0.717) is 17.9 Å². The monoisotopic (exact) mass is 345 g/mol. The summed E-state index contributed by atoms with van der Waals surface area (Å²) in [6.07, 6.45) is -0.414. The molecule has 0 saturated carbocycles. The van der Waals surface area contributed by atoms with Crippen molar-refractivity contribution in [3.8, 4) is 5.75 Å². The highest BCUT2D eigenvalue weighted by atomic mass is 19.1. The first-order valence-electron chi connectivity index (χ1n) is 7.87. The number of nitrogens with one attached hydrogen (secondary N) is 1. The molecule has 0 saturated heterocycles. The second-order valence-electron chi connectivity index (χ2n) is 5.45. The van der Waals surface area contributed by atoms with Gasteiger partial charge in [-0.05, 0) is 43.2 Å². The van der Waals surface area contributed by atoms with Crippen LogP contribution in [0, 0.1) is 5.82 Å². The maximum Gasteiger partial charge on any atom is 0.306 e. The van der Waals surface area contributed by atoms with Gasteiger partial charge in [0, 0.05) is 6.42 Å². The highest BCUT2D eigenvalue weighted by molar-refractivity contribution is 5.96. The summed E-state index contributed by atoms with van der Waals surface area (Å²) in [4.78, 5) is 24.0. The first-order chi connectivity index (χ1) is 12.0. The Morgan fingerprint density at radius 3 is 2.48 bits per heavy atom. The average Bonchev–Trinajstić information content (AvgIpc) is 2.61. The first kappa shape index (κ1) is 18.4. The Balaban J connectivity index is 1.83. The van der Waals surface area contributed by atoms with Crippen molar-refractivity contribution in [2.24, 2.45) is 0 Å². The molecule has 25 heavy (non-hydrogen) atoms. The summed E-state index contributed by atoms with van der Waals surface area (Å²) in [5.74, 6) is -0.745. The number of hydrogen-bond donors (Lipinski definition) is 1. The number of rotatable bonds is 7. The van der Waals surface area contributed by atoms with Crippen LogP contribution in [0.25, 0.3) is 0 Å². The van der Waals surface area contributed by atoms with Gasteiger partial charge in [0.2, 0.25) is 0 Å². The van der Waals surface area contributed by atoms with Crippen LogP contribution in [0.1, 0.15) is 18.9 Å². The molecule has 1 amide bonds. The molecule has 1 atom stereocenters. The van der Waals surface area contributed by atoms with Gasteiger partial charge in [-0.1, -0.05) is 24.3 Å². The van der Waals surface area contributed by atoms with Crippen molar-refractivity contribution in [1.82, 2.24) is 0 Å². The predicted molar refractivity (Wildman–Crippen MR) is 91.9 cm³/mol. The van der Waals surface area contributed by atoms with Gasteiger partial charge in [-0.15, -0.1) is 0 Å². The number of carbonyl (C=O) groups is 2. The van der Waals surface area contributed by atoms with Crippen LogP contribution in [0.5, 0.6) is 5.75 Å². The molecule has 1 N–H and O–H groups in total. The summed E-state index contributed by atoms with van der Waals surface area (Å²) in [6.45, 7) is 1.50. The van der Waals surface area contributed by atoms with E-state index in [2.05, 4.69) is 5.32 Å². The number of halogens is 1. The summed E-state index contributed by atoms with van der Waals surface area (Å²) in [5, 5.41) is 2.66. The minimum atomic E-state index is -0.939. The molecule has 6 heteroatoms. The highest BCUT2D eigenvalue weighted by Gasteiger charge is 2.19. The van der Waals surface area contributed by atoms with Crippen molar-refractivity contribution in [2.75, 3.05) is 12.4 Å². The molecule has 0 aliphatic rings. The molecule has 0 heterocycles. The molecule has 0 aliphatic heterocycles. The maximum atomic E-state index is 12.8. The van der Waals surface area contributed by atoms with E-state index in [0.717, 1.165) is 5.56 Å². The second kappa shape index (κ2) is 8.82. The lowest BCUT2D eigenvalue weighted by molar-refractivity contribution is -0.153. The van der Waals surface area contributed by atoms with Crippen LogP contribution in [0.4, 0.5) is 10.1 Å². The van der Waals surface area contributed by atoms with Gasteiger partial charge < -0.3 is 14.8 Å². The van der Waals surface area contributed by atoms with Gasteiger partial charge in [-0.25, -0.2) is 4.39 Å². The Morgan fingerprint density at radius 2 is 1.80 bits per heavy atom. The van der Waals surface area contributed by atoms with E-state index in [-0.39, 0.29) is 12.2 Å². The number of hydrogen-bond acceptors (Lipinski definition) is 4. The van der Waals surface area contributed by atoms with E-state index in [1.807, 2.05) is 0 Å². The summed E-state index contributed by atoms with van der Waals surface area (Å²) < 4.78 is 23.1. The molecule has 5 nitrogen and oxygen atoms in total. The third-order valence-electron chi connectivity index (χ3n) is 3.57. The van der Waals surface area contributed by atoms with E-state index < -0.39 is 18.0 Å². The van der Waals surface area contributed by atoms with Gasteiger partial charge in [-0.3, -0.25) is 9.59 Å². The van der Waals surface area contributed by atoms with Crippen LogP contribution in [0.3, 0.4) is 0 Å². The Bertz CT molecular complexity index is 730. The number of ether oxygens (including phenoxy) is 2. The third-order valence-corrected chi connectivity index (χ3v) is 3.57. The number of esters is 1. The number of benzene rings is 2. The van der Waals surface area contributed by atoms with Crippen molar-refractivity contribution < 1.29 is 23.5 Å². The SMILES string of the molecule is COc1ccccc1NC(=O)[C@H](C)OC(=O)CCc1ccc(F)cc1. The van der Waals surface area contributed by atoms with E-state index in [1.165, 1.54) is 26.2 Å². The summed E-state index contributed by atoms with van der Waals surface area (Å²) in [6, 6.07) is 12.9. The lowest BCUT2D eigenvalue weighted by atomic mass is 10.1. The Hall–Kier alpha value is -2.89. The van der Waals surface area contributed by atoms with Crippen LogP contribution >= 0.6 is 0 Å². The third kappa shape index (κ3) is 5.60. The summed E-state index contributed by atoms with van der Waals surface area (Å²) >= 11 is 0. The number of aryl methyl sites for hydroxylation is 1. The minimum Gasteiger partial charge on any atom is -0.495 e. The second-order valence-corrected chi connectivity index (χ2v) is 5.45. The molecule has 0 aliphatic carbocycles. The van der Waals surface area contributed by atoms with Crippen LogP contribution < -0.4 is 10.1 Å². The van der Waals surface area contributed by atoms with Gasteiger partial charge in [0.1, 0.15) is 11.6 Å². The van der Waals surface area contributed by atoms with Crippen LogP contribution in [-0.2, 0) is 20.7 Å².